The Labute approximate surface area is 39.8 Å². The molecule has 0 spiro atoms. The molecule has 0 fully saturated rings. The van der Waals surface area contributed by atoms with E-state index in [2.05, 4.69) is 0 Å². The number of hydrogen-bond donors (Lipinski definition) is 0. The summed E-state index contributed by atoms with van der Waals surface area (Å²) in [5.41, 5.74) is 0. The van der Waals surface area contributed by atoms with Gasteiger partial charge in [0.1, 0.15) is 0 Å². The summed E-state index contributed by atoms with van der Waals surface area (Å²) in [5, 5.41) is 0. The Kier molecular flexibility index (Phi) is 60.6. The molecule has 0 aromatic carbocycles. The number of rotatable bonds is 0. The van der Waals surface area contributed by atoms with Crippen LogP contribution in [0.15, 0.2) is 0 Å². The first kappa shape index (κ1) is 8.91. The molecule has 0 unspecified atom stereocenters. The van der Waals surface area contributed by atoms with Crippen molar-refractivity contribution in [2.45, 2.75) is 6.92 Å². The summed E-state index contributed by atoms with van der Waals surface area (Å²) < 4.78 is 8.19. The molecular formula is C2H3O2V. The van der Waals surface area contributed by atoms with Crippen LogP contribution < -0.4 is 0 Å². The van der Waals surface area contributed by atoms with E-state index < -0.39 is 0 Å². The molecule has 3 heteroatoms. The van der Waals surface area contributed by atoms with Crippen molar-refractivity contribution in [2.24, 2.45) is 0 Å². The van der Waals surface area contributed by atoms with Gasteiger partial charge in [-0.15, -0.1) is 0 Å². The maximum atomic E-state index is 8.68. The summed E-state index contributed by atoms with van der Waals surface area (Å²) in [4.78, 5) is 8.68. The molecule has 0 bridgehead atoms. The Morgan fingerprint density at radius 3 is 1.60 bits per heavy atom. The van der Waals surface area contributed by atoms with Crippen molar-refractivity contribution in [3.05, 3.63) is 0 Å². The summed E-state index contributed by atoms with van der Waals surface area (Å²) in [6.45, 7) is 1.32. The fourth-order valence-electron chi connectivity index (χ4n) is 0. The predicted octanol–water partition coefficient (Wildman–Crippen LogP) is -0.00530. The van der Waals surface area contributed by atoms with Crippen LogP contribution in [0.1, 0.15) is 6.92 Å². The van der Waals surface area contributed by atoms with E-state index in [0.717, 1.165) is 17.4 Å². The molecule has 2 nitrogen and oxygen atoms in total. The van der Waals surface area contributed by atoms with Gasteiger partial charge in [-0.3, -0.25) is 4.79 Å². The molecule has 5 heavy (non-hydrogen) atoms. The average Bonchev–Trinajstić information content (AvgIpc) is 1.46. The van der Waals surface area contributed by atoms with Crippen LogP contribution in [0.5, 0.6) is 0 Å². The van der Waals surface area contributed by atoms with Crippen LogP contribution in [0.3, 0.4) is 0 Å². The fourth-order valence-corrected chi connectivity index (χ4v) is 0. The van der Waals surface area contributed by atoms with Crippen LogP contribution >= 0.6 is 0 Å². The SMILES string of the molecule is C[C]=O.[O]=[V]. The van der Waals surface area contributed by atoms with Crippen LogP contribution in [0, 0.1) is 0 Å². The third-order valence-electron chi connectivity index (χ3n) is 0. The first-order valence-corrected chi connectivity index (χ1v) is 1.46. The van der Waals surface area contributed by atoms with Crippen molar-refractivity contribution in [1.29, 1.82) is 0 Å². The second kappa shape index (κ2) is 34.0. The van der Waals surface area contributed by atoms with Crippen LogP contribution in [-0.2, 0) is 25.8 Å². The number of carbonyl (C=O) groups excluding carboxylic acids is 1. The molecule has 28 valence electrons. The van der Waals surface area contributed by atoms with E-state index in [0.29, 0.717) is 0 Å². The zero-order valence-electron chi connectivity index (χ0n) is 2.76. The molecule has 0 aromatic heterocycles. The van der Waals surface area contributed by atoms with Gasteiger partial charge in [0.15, 0.2) is 6.29 Å². The third kappa shape index (κ3) is 5780. The molecule has 0 saturated heterocycles. The van der Waals surface area contributed by atoms with Crippen molar-refractivity contribution in [1.82, 2.24) is 0 Å². The van der Waals surface area contributed by atoms with Crippen molar-refractivity contribution in [3.8, 4) is 0 Å². The van der Waals surface area contributed by atoms with Crippen LogP contribution in [0.2, 0.25) is 0 Å². The fraction of sp³-hybridized carbons (Fsp3) is 0.500. The predicted molar refractivity (Wildman–Crippen MR) is 12.1 cm³/mol. The van der Waals surface area contributed by atoms with Crippen LogP contribution in [0.25, 0.3) is 0 Å². The van der Waals surface area contributed by atoms with Gasteiger partial charge in [-0.1, -0.05) is 0 Å². The van der Waals surface area contributed by atoms with Crippen LogP contribution in [0.4, 0.5) is 0 Å². The molecule has 0 amide bonds. The van der Waals surface area contributed by atoms with Gasteiger partial charge in [-0.25, -0.2) is 0 Å². The summed E-state index contributed by atoms with van der Waals surface area (Å²) in [5.74, 6) is 0. The van der Waals surface area contributed by atoms with E-state index in [9.17, 15) is 0 Å². The summed E-state index contributed by atoms with van der Waals surface area (Å²) >= 11 is 1.06. The molecule has 0 aliphatic heterocycles. The van der Waals surface area contributed by atoms with E-state index in [1.165, 1.54) is 13.2 Å². The minimum atomic E-state index is 1.06. The van der Waals surface area contributed by atoms with Gasteiger partial charge in [0.2, 0.25) is 0 Å². The maximum absolute atomic E-state index is 8.68. The van der Waals surface area contributed by atoms with E-state index in [4.69, 9.17) is 8.47 Å². The Hall–Kier alpha value is 0.0544. The average molecular weight is 110 g/mol. The van der Waals surface area contributed by atoms with Gasteiger partial charge < -0.3 is 0 Å². The quantitative estimate of drug-likeness (QED) is 0.439. The first-order chi connectivity index (χ1) is 2.41. The van der Waals surface area contributed by atoms with Gasteiger partial charge in [0.25, 0.3) is 0 Å². The van der Waals surface area contributed by atoms with Gasteiger partial charge >= 0.3 is 21.0 Å². The van der Waals surface area contributed by atoms with E-state index in [1.807, 2.05) is 0 Å². The normalized spacial score (nSPS) is 3.20. The molecular weight excluding hydrogens is 107 g/mol. The Morgan fingerprint density at radius 2 is 1.60 bits per heavy atom. The monoisotopic (exact) mass is 110 g/mol. The van der Waals surface area contributed by atoms with Gasteiger partial charge in [-0.2, -0.15) is 0 Å². The molecule has 0 heterocycles. The van der Waals surface area contributed by atoms with Crippen LogP contribution in [-0.4, -0.2) is 6.29 Å². The van der Waals surface area contributed by atoms with Gasteiger partial charge in [0.05, 0.1) is 0 Å². The topological polar surface area (TPSA) is 34.1 Å². The summed E-state index contributed by atoms with van der Waals surface area (Å²) in [6, 6.07) is 0. The third-order valence-corrected chi connectivity index (χ3v) is 0. The Bertz CT molecular complexity index is 21.6. The summed E-state index contributed by atoms with van der Waals surface area (Å²) in [6.07, 6.45) is 1.50. The molecule has 0 rings (SSSR count). The van der Waals surface area contributed by atoms with Gasteiger partial charge in [-0.05, 0) is 0 Å². The second-order valence-corrected chi connectivity index (χ2v) is 0.204. The van der Waals surface area contributed by atoms with Crippen molar-refractivity contribution >= 4 is 6.29 Å². The van der Waals surface area contributed by atoms with Gasteiger partial charge in [0, 0.05) is 6.92 Å². The minimum absolute atomic E-state index is 1.06. The summed E-state index contributed by atoms with van der Waals surface area (Å²) in [7, 11) is 0. The molecule has 0 aliphatic rings. The Morgan fingerprint density at radius 1 is 1.60 bits per heavy atom. The zero-order chi connectivity index (χ0) is 4.71. The molecule has 0 aromatic rings. The molecule has 0 N–H and O–H groups in total. The molecule has 0 aliphatic carbocycles. The molecule has 0 saturated carbocycles. The molecule has 0 atom stereocenters. The zero-order valence-corrected chi connectivity index (χ0v) is 4.16. The Balaban J connectivity index is 0. The van der Waals surface area contributed by atoms with Crippen molar-refractivity contribution < 1.29 is 25.8 Å². The van der Waals surface area contributed by atoms with E-state index >= 15 is 0 Å². The molecule has 1 radical (unpaired) electrons. The van der Waals surface area contributed by atoms with Crippen molar-refractivity contribution in [2.75, 3.05) is 0 Å². The van der Waals surface area contributed by atoms with E-state index in [1.54, 1.807) is 0 Å². The first-order valence-electron chi connectivity index (χ1n) is 0.887. The number of hydrogen-bond acceptors (Lipinski definition) is 2. The van der Waals surface area contributed by atoms with Crippen molar-refractivity contribution in [3.63, 3.8) is 0 Å². The second-order valence-electron chi connectivity index (χ2n) is 0.204. The van der Waals surface area contributed by atoms with E-state index in [-0.39, 0.29) is 0 Å². The standard InChI is InChI=1S/C2H3O.O.V/c1-2-3;;/h1H3;;.